The SMILES string of the molecule is C[C@@H]1C[C@@H]2C(=O)OC[C@H](NC(=O)[C@H](Cc3ccccc3)NC(=O)/C=C/C=C/C=C/C=C/C=C/C(=O)NC3=C(O)CCC3=O)C(=O)N3CCC[C@@H]3C(=O)N(C)[C@@H](C)C(=O)N[C@H](C)C(=O)N2C1. The maximum atomic E-state index is 14.4. The lowest BCUT2D eigenvalue weighted by molar-refractivity contribution is -0.158. The molecule has 0 aromatic heterocycles. The van der Waals surface area contributed by atoms with Crippen molar-refractivity contribution < 1.29 is 53.0 Å². The number of ether oxygens (including phenoxy) is 1. The molecule has 5 N–H and O–H groups in total. The third-order valence-electron chi connectivity index (χ3n) is 11.5. The predicted molar refractivity (Wildman–Crippen MR) is 237 cm³/mol. The smallest absolute Gasteiger partial charge is 0.328 e. The molecule has 3 fully saturated rings. The van der Waals surface area contributed by atoms with E-state index in [4.69, 9.17) is 4.74 Å². The molecule has 7 atom stereocenters. The summed E-state index contributed by atoms with van der Waals surface area (Å²) >= 11 is 0. The van der Waals surface area contributed by atoms with Gasteiger partial charge in [-0.3, -0.25) is 38.4 Å². The molecule has 346 valence electrons. The number of aliphatic hydroxyl groups is 1. The number of esters is 1. The largest absolute Gasteiger partial charge is 0.510 e. The molecule has 1 aromatic carbocycles. The van der Waals surface area contributed by atoms with Crippen molar-refractivity contribution >= 4 is 53.1 Å². The van der Waals surface area contributed by atoms with Gasteiger partial charge in [0.2, 0.25) is 41.4 Å². The zero-order valence-corrected chi connectivity index (χ0v) is 36.9. The van der Waals surface area contributed by atoms with Crippen LogP contribution in [0.1, 0.15) is 58.4 Å². The lowest BCUT2D eigenvalue weighted by Crippen LogP contribution is -2.60. The maximum absolute atomic E-state index is 14.4. The van der Waals surface area contributed by atoms with E-state index in [2.05, 4.69) is 21.3 Å². The highest BCUT2D eigenvalue weighted by atomic mass is 16.5. The number of ketones is 1. The Bertz CT molecular complexity index is 2200. The summed E-state index contributed by atoms with van der Waals surface area (Å²) in [6.45, 7) is 4.65. The topological polar surface area (TPSA) is 241 Å². The number of fused-ring (bicyclic) bond motifs is 2. The molecule has 3 heterocycles. The van der Waals surface area contributed by atoms with Gasteiger partial charge in [-0.2, -0.15) is 0 Å². The van der Waals surface area contributed by atoms with Gasteiger partial charge in [0.1, 0.15) is 54.3 Å². The number of nitrogens with one attached hydrogen (secondary N) is 4. The Morgan fingerprint density at radius 1 is 0.831 bits per heavy atom. The van der Waals surface area contributed by atoms with Crippen LogP contribution in [0.25, 0.3) is 0 Å². The van der Waals surface area contributed by atoms with Gasteiger partial charge in [-0.1, -0.05) is 85.9 Å². The van der Waals surface area contributed by atoms with Crippen molar-refractivity contribution in [3.8, 4) is 0 Å². The van der Waals surface area contributed by atoms with Crippen LogP contribution in [0.2, 0.25) is 0 Å². The van der Waals surface area contributed by atoms with E-state index in [0.717, 1.165) is 0 Å². The monoisotopic (exact) mass is 895 g/mol. The van der Waals surface area contributed by atoms with Gasteiger partial charge in [0, 0.05) is 51.6 Å². The van der Waals surface area contributed by atoms with Crippen LogP contribution in [-0.2, 0) is 54.3 Å². The molecule has 0 radical (unpaired) electrons. The summed E-state index contributed by atoms with van der Waals surface area (Å²) in [6.07, 6.45) is 16.5. The summed E-state index contributed by atoms with van der Waals surface area (Å²) in [5.74, 6) is -5.59. The summed E-state index contributed by atoms with van der Waals surface area (Å²) in [4.78, 5) is 124. The highest BCUT2D eigenvalue weighted by Gasteiger charge is 2.44. The fraction of sp³-hybridized carbons (Fsp3) is 0.426. The molecular formula is C47H57N7O11. The van der Waals surface area contributed by atoms with Gasteiger partial charge in [0.25, 0.3) is 0 Å². The fourth-order valence-electron chi connectivity index (χ4n) is 7.85. The molecule has 18 heteroatoms. The number of likely N-dealkylation sites (N-methyl/N-ethyl adjacent to an activating group) is 1. The molecule has 3 aliphatic heterocycles. The first kappa shape index (κ1) is 48.9. The Morgan fingerprint density at radius 2 is 1.48 bits per heavy atom. The standard InChI is InChI=1S/C47H57N7O11/c1-29-25-36-47(64)65-28-34(45(62)53-24-16-19-35(53)46(63)52(4)31(3)42(59)48-30(2)44(61)54(36)27-29)50-43(60)33(26-32-17-12-11-13-18-32)49-39(57)20-14-9-7-5-6-8-10-15-21-40(58)51-41-37(55)22-23-38(41)56/h5-15,17-18,20-21,29-31,33-36,55H,16,19,22-28H2,1-4H3,(H,48,59)(H,49,57)(H,50,60)(H,51,58)/b6-5+,9-7+,10-8+,20-14+,21-15+/t29-,30-,31+,33+,34+,35-,36-/m1/s1. The predicted octanol–water partition coefficient (Wildman–Crippen LogP) is 1.36. The molecular weight excluding hydrogens is 839 g/mol. The molecule has 5 rings (SSSR count). The molecule has 4 aliphatic rings. The summed E-state index contributed by atoms with van der Waals surface area (Å²) in [5, 5.41) is 20.1. The number of benzene rings is 1. The number of hydrogen-bond acceptors (Lipinski definition) is 11. The van der Waals surface area contributed by atoms with Crippen LogP contribution in [0.5, 0.6) is 0 Å². The Morgan fingerprint density at radius 3 is 2.12 bits per heavy atom. The minimum atomic E-state index is -1.49. The van der Waals surface area contributed by atoms with Gasteiger partial charge in [0.15, 0.2) is 5.78 Å². The number of allylic oxidation sites excluding steroid dienone is 10. The molecule has 65 heavy (non-hydrogen) atoms. The number of rotatable bonds is 12. The van der Waals surface area contributed by atoms with E-state index in [1.807, 2.05) is 6.92 Å². The first-order valence-electron chi connectivity index (χ1n) is 21.7. The van der Waals surface area contributed by atoms with E-state index in [9.17, 15) is 48.3 Å². The van der Waals surface area contributed by atoms with E-state index in [1.54, 1.807) is 66.8 Å². The first-order chi connectivity index (χ1) is 31.0. The van der Waals surface area contributed by atoms with Crippen molar-refractivity contribution in [2.45, 2.75) is 95.5 Å². The molecule has 3 saturated heterocycles. The molecule has 7 amide bonds. The van der Waals surface area contributed by atoms with E-state index < -0.39 is 90.2 Å². The van der Waals surface area contributed by atoms with Crippen LogP contribution in [0, 0.1) is 5.92 Å². The minimum Gasteiger partial charge on any atom is -0.510 e. The zero-order valence-electron chi connectivity index (χ0n) is 36.9. The van der Waals surface area contributed by atoms with Crippen molar-refractivity contribution in [1.82, 2.24) is 36.0 Å². The number of carbonyl (C=O) groups excluding carboxylic acids is 9. The molecule has 1 aromatic rings. The number of hydrogen-bond donors (Lipinski definition) is 5. The van der Waals surface area contributed by atoms with Gasteiger partial charge in [-0.25, -0.2) is 4.79 Å². The Kier molecular flexibility index (Phi) is 17.3. The minimum absolute atomic E-state index is 0.0250. The molecule has 0 saturated carbocycles. The van der Waals surface area contributed by atoms with Crippen molar-refractivity contribution in [2.75, 3.05) is 26.7 Å². The van der Waals surface area contributed by atoms with Gasteiger partial charge in [-0.05, 0) is 44.6 Å². The third kappa shape index (κ3) is 13.2. The second-order valence-electron chi connectivity index (χ2n) is 16.4. The summed E-state index contributed by atoms with van der Waals surface area (Å²) < 4.78 is 5.70. The molecule has 0 bridgehead atoms. The van der Waals surface area contributed by atoms with Crippen LogP contribution in [0.4, 0.5) is 0 Å². The maximum Gasteiger partial charge on any atom is 0.328 e. The van der Waals surface area contributed by atoms with E-state index in [1.165, 1.54) is 59.9 Å². The Labute approximate surface area is 377 Å². The van der Waals surface area contributed by atoms with Gasteiger partial charge in [-0.15, -0.1) is 0 Å². The molecule has 18 nitrogen and oxygen atoms in total. The van der Waals surface area contributed by atoms with Crippen LogP contribution in [0.3, 0.4) is 0 Å². The average Bonchev–Trinajstić information content (AvgIpc) is 4.02. The summed E-state index contributed by atoms with van der Waals surface area (Å²) in [6, 6.07) is 2.15. The number of Topliss-reactive ketones (excluding diaryl/α,β-unsaturated/α-hetero) is 1. The first-order valence-corrected chi connectivity index (χ1v) is 21.7. The van der Waals surface area contributed by atoms with Gasteiger partial charge < -0.3 is 45.8 Å². The van der Waals surface area contributed by atoms with Crippen LogP contribution in [0.15, 0.2) is 103 Å². The second kappa shape index (κ2) is 23.0. The second-order valence-corrected chi connectivity index (χ2v) is 16.4. The zero-order chi connectivity index (χ0) is 47.2. The van der Waals surface area contributed by atoms with E-state index in [0.29, 0.717) is 12.0 Å². The number of carbonyl (C=O) groups is 9. The third-order valence-corrected chi connectivity index (χ3v) is 11.5. The lowest BCUT2D eigenvalue weighted by atomic mass is 10.0. The van der Waals surface area contributed by atoms with Crippen molar-refractivity contribution in [2.24, 2.45) is 5.92 Å². The van der Waals surface area contributed by atoms with Crippen LogP contribution in [-0.4, -0.2) is 136 Å². The van der Waals surface area contributed by atoms with Crippen LogP contribution < -0.4 is 21.3 Å². The Balaban J connectivity index is 1.29. The number of aliphatic hydroxyl groups excluding tert-OH is 1. The molecule has 1 aliphatic carbocycles. The molecule has 0 spiro atoms. The van der Waals surface area contributed by atoms with Crippen molar-refractivity contribution in [3.63, 3.8) is 0 Å². The lowest BCUT2D eigenvalue weighted by Gasteiger charge is -2.34. The van der Waals surface area contributed by atoms with Gasteiger partial charge in [0.05, 0.1) is 0 Å². The highest BCUT2D eigenvalue weighted by molar-refractivity contribution is 6.03. The molecule has 0 unspecified atom stereocenters. The van der Waals surface area contributed by atoms with Gasteiger partial charge >= 0.3 is 5.97 Å². The highest BCUT2D eigenvalue weighted by Crippen LogP contribution is 2.26. The summed E-state index contributed by atoms with van der Waals surface area (Å²) in [5.41, 5.74) is 0.616. The number of cyclic esters (lactones) is 1. The average molecular weight is 896 g/mol. The quantitative estimate of drug-likeness (QED) is 0.114. The van der Waals surface area contributed by atoms with Crippen LogP contribution >= 0.6 is 0 Å². The fourth-order valence-corrected chi connectivity index (χ4v) is 7.85. The van der Waals surface area contributed by atoms with Crippen molar-refractivity contribution in [3.05, 3.63) is 108 Å². The normalized spacial score (nSPS) is 25.6. The van der Waals surface area contributed by atoms with E-state index >= 15 is 0 Å². The Hall–Kier alpha value is -7.11. The number of nitrogens with zero attached hydrogens (tertiary/aromatic N) is 3. The van der Waals surface area contributed by atoms with E-state index in [-0.39, 0.29) is 68.4 Å². The number of amides is 7. The van der Waals surface area contributed by atoms with Crippen molar-refractivity contribution in [1.29, 1.82) is 0 Å². The summed E-state index contributed by atoms with van der Waals surface area (Å²) in [7, 11) is 1.44.